The van der Waals surface area contributed by atoms with Crippen LogP contribution in [0.15, 0.2) is 16.8 Å². The first-order chi connectivity index (χ1) is 8.49. The molecule has 0 aliphatic heterocycles. The normalized spacial score (nSPS) is 15.6. The molecule has 0 saturated heterocycles. The van der Waals surface area contributed by atoms with E-state index >= 15 is 0 Å². The summed E-state index contributed by atoms with van der Waals surface area (Å²) < 4.78 is 5.89. The van der Waals surface area contributed by atoms with Crippen LogP contribution in [0.25, 0.3) is 0 Å². The predicted octanol–water partition coefficient (Wildman–Crippen LogP) is 2.96. The maximum absolute atomic E-state index is 5.89. The summed E-state index contributed by atoms with van der Waals surface area (Å²) in [4.78, 5) is 0. The Hall–Kier alpha value is -0.420. The van der Waals surface area contributed by atoms with Gasteiger partial charge in [-0.25, -0.2) is 0 Å². The second kappa shape index (κ2) is 7.24. The van der Waals surface area contributed by atoms with Gasteiger partial charge in [0.2, 0.25) is 0 Å². The van der Waals surface area contributed by atoms with Crippen molar-refractivity contribution in [3.8, 4) is 0 Å². The summed E-state index contributed by atoms with van der Waals surface area (Å²) in [5, 5.41) is 4.31. The molecule has 2 unspecified atom stereocenters. The van der Waals surface area contributed by atoms with E-state index in [1.54, 1.807) is 11.3 Å². The quantitative estimate of drug-likeness (QED) is 0.591. The molecule has 3 nitrogen and oxygen atoms in total. The fraction of sp³-hybridized carbons (Fsp3) is 0.714. The van der Waals surface area contributed by atoms with Crippen LogP contribution in [0, 0.1) is 5.41 Å². The van der Waals surface area contributed by atoms with Crippen molar-refractivity contribution in [2.75, 3.05) is 6.61 Å². The molecule has 104 valence electrons. The molecule has 1 aromatic heterocycles. The maximum atomic E-state index is 5.89. The van der Waals surface area contributed by atoms with Crippen molar-refractivity contribution < 1.29 is 4.74 Å². The molecule has 0 spiro atoms. The Morgan fingerprint density at radius 1 is 1.44 bits per heavy atom. The third-order valence-corrected chi connectivity index (χ3v) is 3.84. The van der Waals surface area contributed by atoms with Gasteiger partial charge in [-0.3, -0.25) is 11.3 Å². The monoisotopic (exact) mass is 270 g/mol. The molecule has 0 saturated carbocycles. The average molecular weight is 270 g/mol. The summed E-state index contributed by atoms with van der Waals surface area (Å²) in [6.45, 7) is 9.34. The highest BCUT2D eigenvalue weighted by Crippen LogP contribution is 2.27. The molecular weight excluding hydrogens is 244 g/mol. The van der Waals surface area contributed by atoms with Crippen molar-refractivity contribution in [3.63, 3.8) is 0 Å². The number of hydrogen-bond acceptors (Lipinski definition) is 4. The maximum Gasteiger partial charge on any atom is 0.0789 e. The molecule has 0 amide bonds. The van der Waals surface area contributed by atoms with Crippen LogP contribution >= 0.6 is 11.3 Å². The first-order valence-corrected chi connectivity index (χ1v) is 7.52. The smallest absolute Gasteiger partial charge is 0.0789 e. The summed E-state index contributed by atoms with van der Waals surface area (Å²) in [6.07, 6.45) is 2.17. The number of nitrogens with one attached hydrogen (secondary N) is 1. The highest BCUT2D eigenvalue weighted by Gasteiger charge is 2.32. The average Bonchev–Trinajstić information content (AvgIpc) is 2.80. The summed E-state index contributed by atoms with van der Waals surface area (Å²) in [5.74, 6) is 5.71. The molecule has 0 aliphatic carbocycles. The molecule has 1 heterocycles. The largest absolute Gasteiger partial charge is 0.376 e. The Balaban J connectivity index is 2.61. The van der Waals surface area contributed by atoms with Crippen molar-refractivity contribution in [1.82, 2.24) is 5.43 Å². The molecule has 18 heavy (non-hydrogen) atoms. The summed E-state index contributed by atoms with van der Waals surface area (Å²) in [6, 6.07) is 2.36. The molecule has 2 atom stereocenters. The second-order valence-corrected chi connectivity index (χ2v) is 6.47. The Labute approximate surface area is 115 Å². The molecule has 0 radical (unpaired) electrons. The minimum atomic E-state index is 0.0850. The van der Waals surface area contributed by atoms with Crippen LogP contribution in [0.5, 0.6) is 0 Å². The van der Waals surface area contributed by atoms with Gasteiger partial charge in [-0.1, -0.05) is 20.8 Å². The van der Waals surface area contributed by atoms with Gasteiger partial charge >= 0.3 is 0 Å². The van der Waals surface area contributed by atoms with E-state index < -0.39 is 0 Å². The van der Waals surface area contributed by atoms with Gasteiger partial charge in [0.15, 0.2) is 0 Å². The van der Waals surface area contributed by atoms with Gasteiger partial charge in [0.05, 0.1) is 6.10 Å². The van der Waals surface area contributed by atoms with Crippen molar-refractivity contribution in [2.24, 2.45) is 11.3 Å². The van der Waals surface area contributed by atoms with E-state index in [2.05, 4.69) is 43.0 Å². The van der Waals surface area contributed by atoms with Gasteiger partial charge in [0, 0.05) is 12.6 Å². The van der Waals surface area contributed by atoms with Crippen LogP contribution in [0.1, 0.15) is 39.7 Å². The third kappa shape index (κ3) is 4.69. The summed E-state index contributed by atoms with van der Waals surface area (Å²) >= 11 is 1.74. The molecule has 0 bridgehead atoms. The lowest BCUT2D eigenvalue weighted by Crippen LogP contribution is -2.51. The molecular formula is C14H26N2OS. The zero-order chi connectivity index (χ0) is 13.6. The van der Waals surface area contributed by atoms with E-state index in [9.17, 15) is 0 Å². The van der Waals surface area contributed by atoms with Crippen LogP contribution in [-0.4, -0.2) is 18.8 Å². The lowest BCUT2D eigenvalue weighted by Gasteiger charge is -2.36. The van der Waals surface area contributed by atoms with Gasteiger partial charge in [0.1, 0.15) is 0 Å². The highest BCUT2D eigenvalue weighted by molar-refractivity contribution is 7.07. The Morgan fingerprint density at radius 3 is 2.61 bits per heavy atom. The van der Waals surface area contributed by atoms with Crippen molar-refractivity contribution in [3.05, 3.63) is 22.4 Å². The van der Waals surface area contributed by atoms with Crippen LogP contribution in [0.3, 0.4) is 0 Å². The van der Waals surface area contributed by atoms with E-state index in [4.69, 9.17) is 10.6 Å². The second-order valence-electron chi connectivity index (χ2n) is 5.69. The summed E-state index contributed by atoms with van der Waals surface area (Å²) in [7, 11) is 0. The van der Waals surface area contributed by atoms with Crippen LogP contribution in [0.4, 0.5) is 0 Å². The van der Waals surface area contributed by atoms with Crippen LogP contribution < -0.4 is 11.3 Å². The lowest BCUT2D eigenvalue weighted by molar-refractivity contribution is -0.0373. The zero-order valence-electron chi connectivity index (χ0n) is 11.9. The van der Waals surface area contributed by atoms with Crippen molar-refractivity contribution in [1.29, 1.82) is 0 Å². The minimum absolute atomic E-state index is 0.0850. The molecule has 0 aliphatic rings. The Morgan fingerprint density at radius 2 is 2.17 bits per heavy atom. The number of aryl methyl sites for hydroxylation is 1. The molecule has 1 aromatic rings. The fourth-order valence-electron chi connectivity index (χ4n) is 2.23. The van der Waals surface area contributed by atoms with Crippen molar-refractivity contribution in [2.45, 2.75) is 52.7 Å². The first kappa shape index (κ1) is 15.6. The predicted molar refractivity (Wildman–Crippen MR) is 78.6 cm³/mol. The van der Waals surface area contributed by atoms with E-state index in [0.717, 1.165) is 19.4 Å². The summed E-state index contributed by atoms with van der Waals surface area (Å²) in [5.41, 5.74) is 4.40. The number of hydrogen-bond donors (Lipinski definition) is 2. The first-order valence-electron chi connectivity index (χ1n) is 6.57. The van der Waals surface area contributed by atoms with Gasteiger partial charge in [0.25, 0.3) is 0 Å². The van der Waals surface area contributed by atoms with Crippen molar-refractivity contribution >= 4 is 11.3 Å². The lowest BCUT2D eigenvalue weighted by atomic mass is 9.83. The Bertz CT molecular complexity index is 319. The molecule has 3 N–H and O–H groups in total. The number of ether oxygens (including phenoxy) is 1. The van der Waals surface area contributed by atoms with E-state index in [1.165, 1.54) is 5.56 Å². The minimum Gasteiger partial charge on any atom is -0.376 e. The SMILES string of the molecule is CCOC(C(CCc1ccsc1)NN)C(C)(C)C. The third-order valence-electron chi connectivity index (χ3n) is 3.10. The number of rotatable bonds is 7. The Kier molecular flexibility index (Phi) is 6.29. The van der Waals surface area contributed by atoms with Gasteiger partial charge < -0.3 is 4.74 Å². The molecule has 0 aromatic carbocycles. The van der Waals surface area contributed by atoms with Crippen LogP contribution in [0.2, 0.25) is 0 Å². The van der Waals surface area contributed by atoms with E-state index in [1.807, 2.05) is 6.92 Å². The van der Waals surface area contributed by atoms with Gasteiger partial charge in [-0.2, -0.15) is 11.3 Å². The fourth-order valence-corrected chi connectivity index (χ4v) is 2.93. The van der Waals surface area contributed by atoms with Gasteiger partial charge in [-0.15, -0.1) is 0 Å². The molecule has 1 rings (SSSR count). The van der Waals surface area contributed by atoms with E-state index in [-0.39, 0.29) is 17.6 Å². The zero-order valence-corrected chi connectivity index (χ0v) is 12.7. The number of thiophene rings is 1. The number of hydrazine groups is 1. The van der Waals surface area contributed by atoms with Gasteiger partial charge in [-0.05, 0) is 47.6 Å². The van der Waals surface area contributed by atoms with Crippen LogP contribution in [-0.2, 0) is 11.2 Å². The molecule has 4 heteroatoms. The highest BCUT2D eigenvalue weighted by atomic mass is 32.1. The topological polar surface area (TPSA) is 47.3 Å². The van der Waals surface area contributed by atoms with E-state index in [0.29, 0.717) is 0 Å². The molecule has 0 fully saturated rings. The number of nitrogens with two attached hydrogens (primary N) is 1. The standard InChI is InChI=1S/C14H26N2OS/c1-5-17-13(14(2,3)4)12(16-15)7-6-11-8-9-18-10-11/h8-10,12-13,16H,5-7,15H2,1-4H3.